The number of ether oxygens (including phenoxy) is 1. The van der Waals surface area contributed by atoms with E-state index in [1.165, 1.54) is 6.92 Å². The predicted molar refractivity (Wildman–Crippen MR) is 49.1 cm³/mol. The summed E-state index contributed by atoms with van der Waals surface area (Å²) in [5.74, 6) is -0.865. The number of carbonyl (C=O) groups is 2. The zero-order valence-corrected chi connectivity index (χ0v) is 8.00. The minimum Gasteiger partial charge on any atom is -0.449 e. The van der Waals surface area contributed by atoms with Gasteiger partial charge in [0, 0.05) is 12.6 Å². The first-order chi connectivity index (χ1) is 6.11. The normalized spacial score (nSPS) is 11.5. The number of amides is 1. The molecule has 0 rings (SSSR count). The summed E-state index contributed by atoms with van der Waals surface area (Å²) in [4.78, 5) is 21.8. The van der Waals surface area contributed by atoms with Gasteiger partial charge in [0.2, 0.25) is 0 Å². The zero-order valence-electron chi connectivity index (χ0n) is 8.00. The van der Waals surface area contributed by atoms with Crippen LogP contribution in [0.5, 0.6) is 0 Å². The number of rotatable bonds is 5. The van der Waals surface area contributed by atoms with Crippen molar-refractivity contribution in [1.29, 1.82) is 0 Å². The Hall–Kier alpha value is -1.32. The highest BCUT2D eigenvalue weighted by Crippen LogP contribution is 1.92. The van der Waals surface area contributed by atoms with E-state index in [-0.39, 0.29) is 5.91 Å². The standard InChI is InChI=1S/C9H15NO3/c1-4-6-10-9(12)7(3)13-8(11)5-2/h5,7H,2,4,6H2,1,3H3,(H,10,12). The van der Waals surface area contributed by atoms with Gasteiger partial charge in [-0.2, -0.15) is 0 Å². The van der Waals surface area contributed by atoms with Gasteiger partial charge in [-0.15, -0.1) is 0 Å². The van der Waals surface area contributed by atoms with Crippen molar-refractivity contribution in [3.8, 4) is 0 Å². The van der Waals surface area contributed by atoms with Gasteiger partial charge in [-0.1, -0.05) is 13.5 Å². The Kier molecular flexibility index (Phi) is 5.59. The molecule has 0 aliphatic carbocycles. The Labute approximate surface area is 78.0 Å². The van der Waals surface area contributed by atoms with Crippen molar-refractivity contribution >= 4 is 11.9 Å². The van der Waals surface area contributed by atoms with Crippen molar-refractivity contribution in [3.63, 3.8) is 0 Å². The summed E-state index contributed by atoms with van der Waals surface area (Å²) in [7, 11) is 0. The summed E-state index contributed by atoms with van der Waals surface area (Å²) >= 11 is 0. The Balaban J connectivity index is 3.81. The molecule has 0 bridgehead atoms. The average molecular weight is 185 g/mol. The van der Waals surface area contributed by atoms with Crippen LogP contribution in [0.15, 0.2) is 12.7 Å². The summed E-state index contributed by atoms with van der Waals surface area (Å²) in [5.41, 5.74) is 0. The molecule has 0 saturated carbocycles. The fraction of sp³-hybridized carbons (Fsp3) is 0.556. The topological polar surface area (TPSA) is 55.4 Å². The molecule has 0 aromatic heterocycles. The lowest BCUT2D eigenvalue weighted by molar-refractivity contribution is -0.150. The molecular weight excluding hydrogens is 170 g/mol. The van der Waals surface area contributed by atoms with Gasteiger partial charge >= 0.3 is 5.97 Å². The lowest BCUT2D eigenvalue weighted by Crippen LogP contribution is -2.35. The van der Waals surface area contributed by atoms with Gasteiger partial charge in [-0.25, -0.2) is 4.79 Å². The largest absolute Gasteiger partial charge is 0.449 e. The van der Waals surface area contributed by atoms with E-state index in [1.54, 1.807) is 0 Å². The van der Waals surface area contributed by atoms with E-state index in [0.717, 1.165) is 12.5 Å². The van der Waals surface area contributed by atoms with E-state index >= 15 is 0 Å². The molecule has 1 atom stereocenters. The van der Waals surface area contributed by atoms with Gasteiger partial charge < -0.3 is 10.1 Å². The monoisotopic (exact) mass is 185 g/mol. The first kappa shape index (κ1) is 11.7. The summed E-state index contributed by atoms with van der Waals surface area (Å²) in [6.45, 7) is 7.29. The highest BCUT2D eigenvalue weighted by atomic mass is 16.5. The van der Waals surface area contributed by atoms with Crippen LogP contribution in [0.4, 0.5) is 0 Å². The van der Waals surface area contributed by atoms with Crippen LogP contribution in [-0.2, 0) is 14.3 Å². The Bertz CT molecular complexity index is 201. The van der Waals surface area contributed by atoms with Crippen LogP contribution < -0.4 is 5.32 Å². The maximum atomic E-state index is 11.1. The molecule has 4 nitrogen and oxygen atoms in total. The van der Waals surface area contributed by atoms with Gasteiger partial charge in [0.1, 0.15) is 0 Å². The lowest BCUT2D eigenvalue weighted by atomic mass is 10.3. The average Bonchev–Trinajstić information content (AvgIpc) is 2.13. The van der Waals surface area contributed by atoms with E-state index in [9.17, 15) is 9.59 Å². The smallest absolute Gasteiger partial charge is 0.330 e. The molecule has 1 unspecified atom stereocenters. The molecule has 0 spiro atoms. The van der Waals surface area contributed by atoms with Crippen molar-refractivity contribution < 1.29 is 14.3 Å². The van der Waals surface area contributed by atoms with E-state index in [1.807, 2.05) is 6.92 Å². The number of hydrogen-bond acceptors (Lipinski definition) is 3. The fourth-order valence-electron chi connectivity index (χ4n) is 0.668. The number of carbonyl (C=O) groups excluding carboxylic acids is 2. The third-order valence-electron chi connectivity index (χ3n) is 1.38. The van der Waals surface area contributed by atoms with E-state index < -0.39 is 12.1 Å². The van der Waals surface area contributed by atoms with Crippen LogP contribution in [0.25, 0.3) is 0 Å². The van der Waals surface area contributed by atoms with Gasteiger partial charge in [0.25, 0.3) is 5.91 Å². The molecule has 0 heterocycles. The van der Waals surface area contributed by atoms with Crippen LogP contribution in [0.2, 0.25) is 0 Å². The van der Waals surface area contributed by atoms with Crippen LogP contribution in [0, 0.1) is 0 Å². The Morgan fingerprint density at radius 3 is 2.69 bits per heavy atom. The van der Waals surface area contributed by atoms with Crippen LogP contribution >= 0.6 is 0 Å². The number of esters is 1. The first-order valence-electron chi connectivity index (χ1n) is 4.22. The molecule has 0 aromatic rings. The first-order valence-corrected chi connectivity index (χ1v) is 4.22. The van der Waals surface area contributed by atoms with Crippen molar-refractivity contribution in [3.05, 3.63) is 12.7 Å². The van der Waals surface area contributed by atoms with Crippen molar-refractivity contribution in [2.75, 3.05) is 6.54 Å². The molecule has 0 radical (unpaired) electrons. The third-order valence-corrected chi connectivity index (χ3v) is 1.38. The highest BCUT2D eigenvalue weighted by molar-refractivity contribution is 5.86. The summed E-state index contributed by atoms with van der Waals surface area (Å²) < 4.78 is 4.69. The maximum Gasteiger partial charge on any atom is 0.330 e. The van der Waals surface area contributed by atoms with E-state index in [0.29, 0.717) is 6.54 Å². The summed E-state index contributed by atoms with van der Waals surface area (Å²) in [6.07, 6.45) is 1.13. The molecule has 13 heavy (non-hydrogen) atoms. The van der Waals surface area contributed by atoms with E-state index in [2.05, 4.69) is 16.6 Å². The molecule has 0 aromatic carbocycles. The van der Waals surface area contributed by atoms with Crippen LogP contribution in [0.1, 0.15) is 20.3 Å². The zero-order chi connectivity index (χ0) is 10.3. The van der Waals surface area contributed by atoms with Crippen LogP contribution in [-0.4, -0.2) is 24.5 Å². The van der Waals surface area contributed by atoms with Gasteiger partial charge in [0.05, 0.1) is 0 Å². The molecule has 1 N–H and O–H groups in total. The van der Waals surface area contributed by atoms with Gasteiger partial charge in [-0.05, 0) is 13.3 Å². The molecular formula is C9H15NO3. The predicted octanol–water partition coefficient (Wildman–Crippen LogP) is 0.630. The second-order valence-electron chi connectivity index (χ2n) is 2.57. The highest BCUT2D eigenvalue weighted by Gasteiger charge is 2.14. The van der Waals surface area contributed by atoms with Crippen molar-refractivity contribution in [2.45, 2.75) is 26.4 Å². The second kappa shape index (κ2) is 6.22. The third kappa shape index (κ3) is 5.00. The molecule has 74 valence electrons. The van der Waals surface area contributed by atoms with E-state index in [4.69, 9.17) is 0 Å². The van der Waals surface area contributed by atoms with Crippen molar-refractivity contribution in [2.24, 2.45) is 0 Å². The minimum atomic E-state index is -0.753. The molecule has 4 heteroatoms. The summed E-state index contributed by atoms with van der Waals surface area (Å²) in [5, 5.41) is 2.61. The van der Waals surface area contributed by atoms with Gasteiger partial charge in [-0.3, -0.25) is 4.79 Å². The Morgan fingerprint density at radius 1 is 1.62 bits per heavy atom. The maximum absolute atomic E-state index is 11.1. The molecule has 1 amide bonds. The fourth-order valence-corrected chi connectivity index (χ4v) is 0.668. The molecule has 0 fully saturated rings. The molecule has 0 aliphatic rings. The molecule has 0 aliphatic heterocycles. The number of nitrogens with one attached hydrogen (secondary N) is 1. The minimum absolute atomic E-state index is 0.281. The quantitative estimate of drug-likeness (QED) is 0.505. The Morgan fingerprint density at radius 2 is 2.23 bits per heavy atom. The van der Waals surface area contributed by atoms with Gasteiger partial charge in [0.15, 0.2) is 6.10 Å². The number of hydrogen-bond donors (Lipinski definition) is 1. The summed E-state index contributed by atoms with van der Waals surface area (Å²) in [6, 6.07) is 0. The second-order valence-corrected chi connectivity index (χ2v) is 2.57. The molecule has 0 saturated heterocycles. The van der Waals surface area contributed by atoms with Crippen molar-refractivity contribution in [1.82, 2.24) is 5.32 Å². The van der Waals surface area contributed by atoms with Crippen LogP contribution in [0.3, 0.4) is 0 Å². The SMILES string of the molecule is C=CC(=O)OC(C)C(=O)NCCC. The lowest BCUT2D eigenvalue weighted by Gasteiger charge is -2.11.